The van der Waals surface area contributed by atoms with Gasteiger partial charge >= 0.3 is 0 Å². The van der Waals surface area contributed by atoms with Crippen molar-refractivity contribution in [3.05, 3.63) is 57.1 Å². The van der Waals surface area contributed by atoms with Crippen molar-refractivity contribution in [1.29, 1.82) is 0 Å². The molecule has 0 amide bonds. The second-order valence-electron chi connectivity index (χ2n) is 6.24. The summed E-state index contributed by atoms with van der Waals surface area (Å²) < 4.78 is 199. The first kappa shape index (κ1) is 6.99. The highest BCUT2D eigenvalue weighted by Gasteiger charge is 2.25. The third-order valence-electron chi connectivity index (χ3n) is 4.34. The van der Waals surface area contributed by atoms with Gasteiger partial charge in [0, 0.05) is 72.7 Å². The minimum absolute atomic E-state index is 0.0416. The highest BCUT2D eigenvalue weighted by atomic mass is 19.1. The predicted octanol–water partition coefficient (Wildman–Crippen LogP) is 3.59. The summed E-state index contributed by atoms with van der Waals surface area (Å²) in [6, 6.07) is -3.80. The Morgan fingerprint density at radius 3 is 3.13 bits per heavy atom. The van der Waals surface area contributed by atoms with Crippen LogP contribution in [-0.2, 0) is 19.3 Å². The van der Waals surface area contributed by atoms with Crippen LogP contribution in [0.1, 0.15) is 83.0 Å². The molecule has 1 aromatic carbocycles. The molecule has 5 rings (SSSR count). The SMILES string of the molecule is [2H]c1c(F)c([2H])c2onc(C3([2H])C([2H])([2H])C([2H])([2H])N(C([2H])([2H])C([2H])([2H])c4c(C([2H])([2H])[2H])nc5n(c4=O)CCCC5([2H])[2H])C([2H])([2H])C3([2H])[2H])c2c1[2H]. The number of aryl methyl sites for hydroxylation is 2. The van der Waals surface area contributed by atoms with Crippen LogP contribution in [0.25, 0.3) is 11.0 Å². The fourth-order valence-corrected chi connectivity index (χ4v) is 2.93. The molecule has 7 heteroatoms. The number of hydrogen-bond donors (Lipinski definition) is 0. The van der Waals surface area contributed by atoms with Crippen LogP contribution in [0.5, 0.6) is 0 Å². The van der Waals surface area contributed by atoms with Crippen LogP contribution < -0.4 is 5.56 Å². The molecule has 0 unspecified atom stereocenters. The van der Waals surface area contributed by atoms with E-state index in [0.717, 1.165) is 0 Å². The van der Waals surface area contributed by atoms with E-state index in [1.165, 1.54) is 0 Å². The molecule has 0 N–H and O–H groups in total. The molecule has 158 valence electrons. The van der Waals surface area contributed by atoms with E-state index < -0.39 is 126 Å². The smallest absolute Gasteiger partial charge is 0.256 e. The van der Waals surface area contributed by atoms with Crippen molar-refractivity contribution in [2.75, 3.05) is 19.5 Å². The Kier molecular flexibility index (Phi) is 1.85. The second-order valence-corrected chi connectivity index (χ2v) is 6.24. The number of rotatable bonds is 4. The number of hydrogen-bond acceptors (Lipinski definition) is 5. The zero-order valence-corrected chi connectivity index (χ0v) is 15.1. The third-order valence-corrected chi connectivity index (χ3v) is 4.34. The number of halogens is 1. The van der Waals surface area contributed by atoms with Crippen LogP contribution in [0.3, 0.4) is 0 Å². The van der Waals surface area contributed by atoms with Gasteiger partial charge in [0.2, 0.25) is 0 Å². The van der Waals surface area contributed by atoms with E-state index in [1.54, 1.807) is 0 Å². The van der Waals surface area contributed by atoms with E-state index in [0.29, 0.717) is 4.57 Å². The summed E-state index contributed by atoms with van der Waals surface area (Å²) in [7, 11) is 0. The van der Waals surface area contributed by atoms with Gasteiger partial charge in [-0.15, -0.1) is 0 Å². The molecule has 0 saturated carbocycles. The van der Waals surface area contributed by atoms with E-state index >= 15 is 0 Å². The van der Waals surface area contributed by atoms with Crippen LogP contribution in [0.15, 0.2) is 27.4 Å². The quantitative estimate of drug-likeness (QED) is 0.632. The zero-order valence-electron chi connectivity index (χ0n) is 36.1. The van der Waals surface area contributed by atoms with Crippen LogP contribution in [0.4, 0.5) is 4.39 Å². The number of piperidine rings is 1. The molecule has 2 aromatic heterocycles. The maximum Gasteiger partial charge on any atom is 0.256 e. The normalized spacial score (nSPS) is 39.2. The van der Waals surface area contributed by atoms with E-state index in [-0.39, 0.29) is 19.4 Å². The van der Waals surface area contributed by atoms with E-state index in [9.17, 15) is 9.18 Å². The van der Waals surface area contributed by atoms with Crippen molar-refractivity contribution in [2.45, 2.75) is 57.6 Å². The topological polar surface area (TPSA) is 64.2 Å². The standard InChI is InChI=1S/C23H27FN4O2/c1-15-18(23(29)28-10-3-2-4-21(28)25-15)9-13-27-11-7-16(8-12-27)22-19-6-5-17(24)14-20(19)30-26-22/h5-6,14,16H,2-4,7-13H2,1H3/i1D3,4D2,5D,6D,7D2,8D2,9D2,11D2,12D2,13D2,14D,16D. The Hall–Kier alpha value is -2.54. The third kappa shape index (κ3) is 3.55. The van der Waals surface area contributed by atoms with Crippen molar-refractivity contribution >= 4 is 11.0 Å². The molecule has 1 saturated heterocycles. The molecule has 6 nitrogen and oxygen atoms in total. The minimum atomic E-state index is -4.47. The van der Waals surface area contributed by atoms with Gasteiger partial charge in [0.05, 0.1) is 9.81 Å². The van der Waals surface area contributed by atoms with E-state index in [2.05, 4.69) is 10.1 Å². The van der Waals surface area contributed by atoms with Gasteiger partial charge in [-0.1, -0.05) is 5.16 Å². The molecule has 0 atom stereocenters. The molecule has 30 heavy (non-hydrogen) atoms. The lowest BCUT2D eigenvalue weighted by atomic mass is 9.91. The summed E-state index contributed by atoms with van der Waals surface area (Å²) in [6.07, 6.45) is -15.5. The van der Waals surface area contributed by atoms with Crippen molar-refractivity contribution in [3.8, 4) is 0 Å². The number of nitrogens with zero attached hydrogens (tertiary/aromatic N) is 4. The predicted molar refractivity (Wildman–Crippen MR) is 112 cm³/mol. The summed E-state index contributed by atoms with van der Waals surface area (Å²) in [5, 5.41) is 2.27. The molecular weight excluding hydrogens is 383 g/mol. The lowest BCUT2D eigenvalue weighted by Crippen LogP contribution is -2.37. The Morgan fingerprint density at radius 2 is 2.30 bits per heavy atom. The molecular formula is C23H27FN4O2. The maximum atomic E-state index is 14.5. The van der Waals surface area contributed by atoms with Crippen LogP contribution >= 0.6 is 0 Å². The summed E-state index contributed by atoms with van der Waals surface area (Å²) >= 11 is 0. The van der Waals surface area contributed by atoms with Gasteiger partial charge in [-0.05, 0) is 63.9 Å². The highest BCUT2D eigenvalue weighted by Crippen LogP contribution is 2.32. The molecule has 0 radical (unpaired) electrons. The first-order valence-corrected chi connectivity index (χ1v) is 8.74. The number of aromatic nitrogens is 3. The molecule has 4 heterocycles. The van der Waals surface area contributed by atoms with Gasteiger partial charge in [-0.3, -0.25) is 9.36 Å². The van der Waals surface area contributed by atoms with Crippen molar-refractivity contribution in [3.63, 3.8) is 0 Å². The van der Waals surface area contributed by atoms with E-state index in [4.69, 9.17) is 33.3 Å². The molecule has 0 bridgehead atoms. The number of benzene rings is 1. The van der Waals surface area contributed by atoms with E-state index in [1.807, 2.05) is 0 Å². The lowest BCUT2D eigenvalue weighted by Gasteiger charge is -2.31. The Morgan fingerprint density at radius 1 is 1.43 bits per heavy atom. The van der Waals surface area contributed by atoms with Crippen molar-refractivity contribution in [1.82, 2.24) is 19.6 Å². The monoisotopic (exact) mass is 431 g/mol. The summed E-state index contributed by atoms with van der Waals surface area (Å²) in [5.74, 6) is -6.44. The fraction of sp³-hybridized carbons (Fsp3) is 0.522. The van der Waals surface area contributed by atoms with Crippen molar-refractivity contribution < 1.29 is 37.7 Å². The van der Waals surface area contributed by atoms with Gasteiger partial charge in [0.15, 0.2) is 5.58 Å². The maximum absolute atomic E-state index is 14.5. The zero-order chi connectivity index (χ0) is 39.2. The summed E-state index contributed by atoms with van der Waals surface area (Å²) in [4.78, 5) is 16.7. The second kappa shape index (κ2) is 7.95. The molecule has 0 aliphatic carbocycles. The average molecular weight is 432 g/mol. The minimum Gasteiger partial charge on any atom is -0.356 e. The molecule has 2 aliphatic rings. The first-order chi connectivity index (χ1) is 22.7. The first-order valence-electron chi connectivity index (χ1n) is 19.2. The number of fused-ring (bicyclic) bond motifs is 2. The molecule has 0 spiro atoms. The summed E-state index contributed by atoms with van der Waals surface area (Å²) in [5.41, 5.74) is -7.19. The molecule has 2 aliphatic heterocycles. The average Bonchev–Trinajstić information content (AvgIpc) is 3.42. The fourth-order valence-electron chi connectivity index (χ4n) is 2.93. The Balaban J connectivity index is 1.82. The van der Waals surface area contributed by atoms with Crippen LogP contribution in [-0.4, -0.2) is 39.1 Å². The van der Waals surface area contributed by atoms with Crippen molar-refractivity contribution in [2.24, 2.45) is 0 Å². The highest BCUT2D eigenvalue weighted by molar-refractivity contribution is 5.79. The van der Waals surface area contributed by atoms with Crippen LogP contribution in [0.2, 0.25) is 0 Å². The van der Waals surface area contributed by atoms with Gasteiger partial charge in [-0.2, -0.15) is 0 Å². The largest absolute Gasteiger partial charge is 0.356 e. The Labute approximate surface area is 204 Å². The number of likely N-dealkylation sites (tertiary alicyclic amines) is 1. The summed E-state index contributed by atoms with van der Waals surface area (Å²) in [6.45, 7) is -17.2. The lowest BCUT2D eigenvalue weighted by molar-refractivity contribution is 0.211. The van der Waals surface area contributed by atoms with Crippen LogP contribution in [0, 0.1) is 12.7 Å². The van der Waals surface area contributed by atoms with Gasteiger partial charge in [0.25, 0.3) is 5.56 Å². The molecule has 1 fully saturated rings. The van der Waals surface area contributed by atoms with Gasteiger partial charge in [-0.25, -0.2) is 9.37 Å². The molecule has 3 aromatic rings. The van der Waals surface area contributed by atoms with Gasteiger partial charge in [0.1, 0.15) is 11.6 Å². The Bertz CT molecular complexity index is 1990. The van der Waals surface area contributed by atoms with Gasteiger partial charge < -0.3 is 9.42 Å².